The van der Waals surface area contributed by atoms with Crippen LogP contribution in [0.15, 0.2) is 18.2 Å². The van der Waals surface area contributed by atoms with E-state index in [0.717, 1.165) is 16.7 Å². The molecule has 1 aromatic rings. The Kier molecular flexibility index (Phi) is 5.37. The minimum atomic E-state index is 0.0893. The maximum Gasteiger partial charge on any atom is 0.254 e. The highest BCUT2D eigenvalue weighted by Gasteiger charge is 2.23. The second kappa shape index (κ2) is 6.80. The smallest absolute Gasteiger partial charge is 0.254 e. The van der Waals surface area contributed by atoms with E-state index in [1.54, 1.807) is 19.1 Å². The summed E-state index contributed by atoms with van der Waals surface area (Å²) in [6.07, 6.45) is 0. The average molecular weight is 246 g/mol. The first-order chi connectivity index (χ1) is 8.72. The molecular formula is C14H18N2O2. The van der Waals surface area contributed by atoms with E-state index in [-0.39, 0.29) is 5.91 Å². The first kappa shape index (κ1) is 14.2. The second-order valence-corrected chi connectivity index (χ2v) is 3.77. The zero-order valence-corrected chi connectivity index (χ0v) is 11.0. The molecule has 0 bridgehead atoms. The summed E-state index contributed by atoms with van der Waals surface area (Å²) >= 11 is 0. The molecule has 1 aliphatic heterocycles. The number of rotatable bonds is 1. The van der Waals surface area contributed by atoms with Crippen molar-refractivity contribution >= 4 is 5.91 Å². The van der Waals surface area contributed by atoms with Gasteiger partial charge < -0.3 is 15.4 Å². The van der Waals surface area contributed by atoms with Crippen molar-refractivity contribution in [2.45, 2.75) is 6.54 Å². The third-order valence-corrected chi connectivity index (χ3v) is 2.54. The molecule has 0 fully saturated rings. The standard InChI is InChI=1S/C13H13NO2.CH5N/c1-14-9-11-8-10(4-3-7-16-2)5-6-12(11)13(14)15;1-2/h5-6,8H,7,9H2,1-2H3;2H2,1H3. The molecule has 1 aromatic carbocycles. The summed E-state index contributed by atoms with van der Waals surface area (Å²) in [5.41, 5.74) is 7.27. The van der Waals surface area contributed by atoms with E-state index in [9.17, 15) is 4.79 Å². The lowest BCUT2D eigenvalue weighted by Crippen LogP contribution is -2.17. The molecule has 0 saturated carbocycles. The molecule has 0 radical (unpaired) electrons. The molecule has 2 N–H and O–H groups in total. The number of benzene rings is 1. The van der Waals surface area contributed by atoms with E-state index >= 15 is 0 Å². The van der Waals surface area contributed by atoms with E-state index in [0.29, 0.717) is 13.2 Å². The zero-order chi connectivity index (χ0) is 13.5. The summed E-state index contributed by atoms with van der Waals surface area (Å²) in [6, 6.07) is 5.69. The van der Waals surface area contributed by atoms with Crippen LogP contribution in [0.25, 0.3) is 0 Å². The van der Waals surface area contributed by atoms with Crippen molar-refractivity contribution in [1.82, 2.24) is 4.90 Å². The summed E-state index contributed by atoms with van der Waals surface area (Å²) < 4.78 is 4.85. The number of nitrogens with two attached hydrogens (primary N) is 1. The van der Waals surface area contributed by atoms with Gasteiger partial charge in [-0.15, -0.1) is 0 Å². The van der Waals surface area contributed by atoms with Crippen LogP contribution in [0.1, 0.15) is 21.5 Å². The van der Waals surface area contributed by atoms with E-state index in [4.69, 9.17) is 4.74 Å². The highest BCUT2D eigenvalue weighted by molar-refractivity contribution is 5.98. The number of carbonyl (C=O) groups is 1. The average Bonchev–Trinajstić information content (AvgIpc) is 2.68. The molecule has 0 aliphatic carbocycles. The number of hydrogen-bond donors (Lipinski definition) is 1. The van der Waals surface area contributed by atoms with Gasteiger partial charge in [0.05, 0.1) is 0 Å². The Morgan fingerprint density at radius 3 is 2.83 bits per heavy atom. The van der Waals surface area contributed by atoms with Crippen LogP contribution in [0.3, 0.4) is 0 Å². The maximum absolute atomic E-state index is 11.6. The van der Waals surface area contributed by atoms with Crippen molar-refractivity contribution in [3.63, 3.8) is 0 Å². The van der Waals surface area contributed by atoms with Crippen molar-refractivity contribution in [2.24, 2.45) is 5.73 Å². The van der Waals surface area contributed by atoms with Gasteiger partial charge in [0.25, 0.3) is 5.91 Å². The SMILES string of the molecule is CN.COCC#Cc1ccc2c(c1)CN(C)C2=O. The molecule has 1 aliphatic rings. The number of methoxy groups -OCH3 is 1. The highest BCUT2D eigenvalue weighted by Crippen LogP contribution is 2.22. The number of fused-ring (bicyclic) bond motifs is 1. The molecule has 0 atom stereocenters. The number of hydrogen-bond acceptors (Lipinski definition) is 3. The van der Waals surface area contributed by atoms with Gasteiger partial charge in [-0.05, 0) is 30.8 Å². The molecule has 1 amide bonds. The van der Waals surface area contributed by atoms with Crippen LogP contribution in [0.2, 0.25) is 0 Å². The third-order valence-electron chi connectivity index (χ3n) is 2.54. The van der Waals surface area contributed by atoms with Crippen LogP contribution in [-0.4, -0.2) is 38.6 Å². The van der Waals surface area contributed by atoms with Crippen LogP contribution >= 0.6 is 0 Å². The Labute approximate surface area is 108 Å². The molecule has 0 saturated heterocycles. The van der Waals surface area contributed by atoms with Crippen LogP contribution in [-0.2, 0) is 11.3 Å². The van der Waals surface area contributed by atoms with Gasteiger partial charge in [-0.25, -0.2) is 0 Å². The van der Waals surface area contributed by atoms with Crippen LogP contribution in [0, 0.1) is 11.8 Å². The summed E-state index contributed by atoms with van der Waals surface area (Å²) in [6.45, 7) is 1.10. The van der Waals surface area contributed by atoms with Crippen LogP contribution in [0.4, 0.5) is 0 Å². The lowest BCUT2D eigenvalue weighted by Gasteiger charge is -2.04. The van der Waals surface area contributed by atoms with Gasteiger partial charge in [0.2, 0.25) is 0 Å². The normalized spacial score (nSPS) is 12.2. The highest BCUT2D eigenvalue weighted by atomic mass is 16.5. The van der Waals surface area contributed by atoms with Gasteiger partial charge in [-0.2, -0.15) is 0 Å². The van der Waals surface area contributed by atoms with E-state index in [1.807, 2.05) is 18.2 Å². The molecule has 4 heteroatoms. The molecule has 18 heavy (non-hydrogen) atoms. The fraction of sp³-hybridized carbons (Fsp3) is 0.357. The Morgan fingerprint density at radius 2 is 2.17 bits per heavy atom. The van der Waals surface area contributed by atoms with Gasteiger partial charge in [0.15, 0.2) is 0 Å². The molecule has 0 aromatic heterocycles. The Morgan fingerprint density at radius 1 is 1.44 bits per heavy atom. The number of amides is 1. The molecule has 2 rings (SSSR count). The molecular weight excluding hydrogens is 228 g/mol. The van der Waals surface area contributed by atoms with Gasteiger partial charge in [0.1, 0.15) is 6.61 Å². The first-order valence-corrected chi connectivity index (χ1v) is 5.66. The minimum absolute atomic E-state index is 0.0893. The number of nitrogens with zero attached hydrogens (tertiary/aromatic N) is 1. The summed E-state index contributed by atoms with van der Waals surface area (Å²) in [7, 11) is 4.92. The van der Waals surface area contributed by atoms with Gasteiger partial charge in [-0.3, -0.25) is 4.79 Å². The van der Waals surface area contributed by atoms with E-state index in [2.05, 4.69) is 17.6 Å². The maximum atomic E-state index is 11.6. The molecule has 0 spiro atoms. The van der Waals surface area contributed by atoms with Crippen molar-refractivity contribution in [2.75, 3.05) is 27.8 Å². The van der Waals surface area contributed by atoms with Gasteiger partial charge in [-0.1, -0.05) is 11.8 Å². The monoisotopic (exact) mass is 246 g/mol. The fourth-order valence-corrected chi connectivity index (χ4v) is 1.75. The van der Waals surface area contributed by atoms with E-state index in [1.165, 1.54) is 7.05 Å². The van der Waals surface area contributed by atoms with Crippen molar-refractivity contribution in [3.05, 3.63) is 34.9 Å². The topological polar surface area (TPSA) is 55.6 Å². The Bertz CT molecular complexity index is 486. The van der Waals surface area contributed by atoms with Crippen molar-refractivity contribution in [3.8, 4) is 11.8 Å². The lowest BCUT2D eigenvalue weighted by molar-refractivity contribution is 0.0816. The Balaban J connectivity index is 0.000000771. The lowest BCUT2D eigenvalue weighted by atomic mass is 10.1. The summed E-state index contributed by atoms with van der Waals surface area (Å²) in [4.78, 5) is 13.3. The predicted octanol–water partition coefficient (Wildman–Crippen LogP) is 0.845. The summed E-state index contributed by atoms with van der Waals surface area (Å²) in [5, 5.41) is 0. The van der Waals surface area contributed by atoms with Crippen molar-refractivity contribution < 1.29 is 9.53 Å². The Hall–Kier alpha value is -1.83. The van der Waals surface area contributed by atoms with Crippen LogP contribution in [0.5, 0.6) is 0 Å². The molecule has 96 valence electrons. The molecule has 0 unspecified atom stereocenters. The van der Waals surface area contributed by atoms with Gasteiger partial charge >= 0.3 is 0 Å². The number of carbonyl (C=O) groups excluding carboxylic acids is 1. The van der Waals surface area contributed by atoms with Crippen molar-refractivity contribution in [1.29, 1.82) is 0 Å². The third kappa shape index (κ3) is 3.10. The van der Waals surface area contributed by atoms with Gasteiger partial charge in [0, 0.05) is 31.8 Å². The quantitative estimate of drug-likeness (QED) is 0.747. The largest absolute Gasteiger partial charge is 0.372 e. The first-order valence-electron chi connectivity index (χ1n) is 5.66. The molecule has 1 heterocycles. The summed E-state index contributed by atoms with van der Waals surface area (Å²) in [5.74, 6) is 5.98. The second-order valence-electron chi connectivity index (χ2n) is 3.77. The van der Waals surface area contributed by atoms with E-state index < -0.39 is 0 Å². The minimum Gasteiger partial charge on any atom is -0.372 e. The number of ether oxygens (including phenoxy) is 1. The molecule has 4 nitrogen and oxygen atoms in total. The predicted molar refractivity (Wildman–Crippen MR) is 71.1 cm³/mol. The fourth-order valence-electron chi connectivity index (χ4n) is 1.75. The zero-order valence-electron chi connectivity index (χ0n) is 11.0. The van der Waals surface area contributed by atoms with Crippen LogP contribution < -0.4 is 5.73 Å².